The fourth-order valence-corrected chi connectivity index (χ4v) is 3.01. The molecule has 0 bridgehead atoms. The van der Waals surface area contributed by atoms with Crippen LogP contribution in [-0.4, -0.2) is 30.1 Å². The summed E-state index contributed by atoms with van der Waals surface area (Å²) in [6, 6.07) is 11.4. The van der Waals surface area contributed by atoms with Gasteiger partial charge in [-0.3, -0.25) is 4.90 Å². The molecule has 1 unspecified atom stereocenters. The van der Waals surface area contributed by atoms with Gasteiger partial charge in [-0.1, -0.05) is 51.1 Å². The van der Waals surface area contributed by atoms with Gasteiger partial charge in [-0.25, -0.2) is 0 Å². The van der Waals surface area contributed by atoms with Gasteiger partial charge in [0.15, 0.2) is 0 Å². The Labute approximate surface area is 124 Å². The maximum atomic E-state index is 3.70. The summed E-state index contributed by atoms with van der Waals surface area (Å²) < 4.78 is 0. The molecule has 0 radical (unpaired) electrons. The molecule has 2 nitrogen and oxygen atoms in total. The van der Waals surface area contributed by atoms with Crippen LogP contribution in [-0.2, 0) is 0 Å². The third-order valence-electron chi connectivity index (χ3n) is 4.59. The van der Waals surface area contributed by atoms with Crippen LogP contribution in [0.3, 0.4) is 0 Å². The molecule has 1 heterocycles. The molecule has 1 fully saturated rings. The first kappa shape index (κ1) is 15.5. The summed E-state index contributed by atoms with van der Waals surface area (Å²) in [7, 11) is 0. The summed E-state index contributed by atoms with van der Waals surface area (Å²) in [6.07, 6.45) is 1.22. The van der Waals surface area contributed by atoms with Crippen molar-refractivity contribution >= 4 is 0 Å². The summed E-state index contributed by atoms with van der Waals surface area (Å²) in [5.74, 6) is 0. The molecular weight excluding hydrogens is 244 g/mol. The second-order valence-electron chi connectivity index (χ2n) is 7.61. The number of hydrogen-bond donors (Lipinski definition) is 1. The fraction of sp³-hybridized carbons (Fsp3) is 0.667. The normalized spacial score (nSPS) is 23.8. The lowest BCUT2D eigenvalue weighted by molar-refractivity contribution is 0.0570. The molecule has 1 saturated heterocycles. The van der Waals surface area contributed by atoms with Gasteiger partial charge in [0, 0.05) is 31.2 Å². The zero-order valence-electron chi connectivity index (χ0n) is 13.7. The molecule has 1 atom stereocenters. The highest BCUT2D eigenvalue weighted by Crippen LogP contribution is 2.31. The molecule has 1 aromatic rings. The summed E-state index contributed by atoms with van der Waals surface area (Å²) in [6.45, 7) is 15.0. The number of benzene rings is 1. The highest BCUT2D eigenvalue weighted by atomic mass is 15.3. The summed E-state index contributed by atoms with van der Waals surface area (Å²) in [4.78, 5) is 2.68. The topological polar surface area (TPSA) is 15.3 Å². The molecule has 0 aliphatic carbocycles. The first-order valence-electron chi connectivity index (χ1n) is 7.87. The van der Waals surface area contributed by atoms with Gasteiger partial charge >= 0.3 is 0 Å². The third-order valence-corrected chi connectivity index (χ3v) is 4.59. The van der Waals surface area contributed by atoms with Gasteiger partial charge in [-0.2, -0.15) is 0 Å². The van der Waals surface area contributed by atoms with Gasteiger partial charge in [0.2, 0.25) is 0 Å². The molecular formula is C18H30N2. The first-order valence-corrected chi connectivity index (χ1v) is 7.87. The molecule has 2 rings (SSSR count). The lowest BCUT2D eigenvalue weighted by Gasteiger charge is -2.47. The minimum absolute atomic E-state index is 0.203. The number of nitrogens with one attached hydrogen (secondary N) is 1. The van der Waals surface area contributed by atoms with Crippen LogP contribution in [0.4, 0.5) is 0 Å². The SMILES string of the molecule is CCC(C)(C)CN1CC(C)(C)NCC1c1ccccc1. The molecule has 0 spiro atoms. The second-order valence-corrected chi connectivity index (χ2v) is 7.61. The Morgan fingerprint density at radius 2 is 1.90 bits per heavy atom. The second kappa shape index (κ2) is 5.87. The number of rotatable bonds is 4. The Balaban J connectivity index is 2.20. The quantitative estimate of drug-likeness (QED) is 0.897. The van der Waals surface area contributed by atoms with E-state index in [1.54, 1.807) is 0 Å². The van der Waals surface area contributed by atoms with Crippen LogP contribution in [0.15, 0.2) is 30.3 Å². The van der Waals surface area contributed by atoms with E-state index in [1.165, 1.54) is 12.0 Å². The predicted molar refractivity (Wildman–Crippen MR) is 86.9 cm³/mol. The molecule has 1 N–H and O–H groups in total. The first-order chi connectivity index (χ1) is 9.33. The average molecular weight is 274 g/mol. The monoisotopic (exact) mass is 274 g/mol. The van der Waals surface area contributed by atoms with Crippen molar-refractivity contribution in [3.05, 3.63) is 35.9 Å². The van der Waals surface area contributed by atoms with Crippen LogP contribution in [0.25, 0.3) is 0 Å². The molecule has 2 heteroatoms. The molecule has 20 heavy (non-hydrogen) atoms. The number of nitrogens with zero attached hydrogens (tertiary/aromatic N) is 1. The molecule has 0 saturated carbocycles. The van der Waals surface area contributed by atoms with Gasteiger partial charge in [0.1, 0.15) is 0 Å². The largest absolute Gasteiger partial charge is 0.309 e. The Bertz CT molecular complexity index is 422. The van der Waals surface area contributed by atoms with Gasteiger partial charge in [-0.05, 0) is 31.2 Å². The minimum atomic E-state index is 0.203. The lowest BCUT2D eigenvalue weighted by Crippen LogP contribution is -2.59. The van der Waals surface area contributed by atoms with E-state index in [-0.39, 0.29) is 5.54 Å². The average Bonchev–Trinajstić information content (AvgIpc) is 2.38. The van der Waals surface area contributed by atoms with Crippen molar-refractivity contribution in [3.8, 4) is 0 Å². The van der Waals surface area contributed by atoms with Crippen LogP contribution >= 0.6 is 0 Å². The summed E-state index contributed by atoms with van der Waals surface area (Å²) >= 11 is 0. The molecule has 1 aromatic carbocycles. The van der Waals surface area contributed by atoms with Crippen molar-refractivity contribution in [2.24, 2.45) is 5.41 Å². The van der Waals surface area contributed by atoms with E-state index in [2.05, 4.69) is 75.2 Å². The third kappa shape index (κ3) is 3.83. The van der Waals surface area contributed by atoms with E-state index < -0.39 is 0 Å². The Hall–Kier alpha value is -0.860. The lowest BCUT2D eigenvalue weighted by atomic mass is 9.86. The summed E-state index contributed by atoms with van der Waals surface area (Å²) in [5.41, 5.74) is 2.01. The minimum Gasteiger partial charge on any atom is -0.309 e. The highest BCUT2D eigenvalue weighted by Gasteiger charge is 2.35. The molecule has 1 aliphatic heterocycles. The van der Waals surface area contributed by atoms with Crippen molar-refractivity contribution < 1.29 is 0 Å². The number of piperazine rings is 1. The fourth-order valence-electron chi connectivity index (χ4n) is 3.01. The predicted octanol–water partition coefficient (Wildman–Crippen LogP) is 3.85. The van der Waals surface area contributed by atoms with Gasteiger partial charge < -0.3 is 5.32 Å². The smallest absolute Gasteiger partial charge is 0.0473 e. The molecule has 112 valence electrons. The molecule has 0 aromatic heterocycles. The van der Waals surface area contributed by atoms with Crippen LogP contribution in [0.5, 0.6) is 0 Å². The van der Waals surface area contributed by atoms with Crippen LogP contribution in [0.1, 0.15) is 52.6 Å². The number of hydrogen-bond acceptors (Lipinski definition) is 2. The van der Waals surface area contributed by atoms with Crippen molar-refractivity contribution in [2.45, 2.75) is 52.6 Å². The maximum absolute atomic E-state index is 3.70. The van der Waals surface area contributed by atoms with Crippen molar-refractivity contribution in [2.75, 3.05) is 19.6 Å². The van der Waals surface area contributed by atoms with Crippen LogP contribution in [0.2, 0.25) is 0 Å². The summed E-state index contributed by atoms with van der Waals surface area (Å²) in [5, 5.41) is 3.70. The zero-order chi connectivity index (χ0) is 14.8. The van der Waals surface area contributed by atoms with E-state index in [0.717, 1.165) is 19.6 Å². The Kier molecular flexibility index (Phi) is 4.55. The van der Waals surface area contributed by atoms with Crippen LogP contribution < -0.4 is 5.32 Å². The maximum Gasteiger partial charge on any atom is 0.0473 e. The van der Waals surface area contributed by atoms with E-state index in [1.807, 2.05) is 0 Å². The Morgan fingerprint density at radius 1 is 1.25 bits per heavy atom. The van der Waals surface area contributed by atoms with E-state index in [4.69, 9.17) is 0 Å². The van der Waals surface area contributed by atoms with Crippen molar-refractivity contribution in [3.63, 3.8) is 0 Å². The van der Waals surface area contributed by atoms with Crippen molar-refractivity contribution in [1.29, 1.82) is 0 Å². The Morgan fingerprint density at radius 3 is 2.50 bits per heavy atom. The van der Waals surface area contributed by atoms with E-state index in [0.29, 0.717) is 11.5 Å². The van der Waals surface area contributed by atoms with E-state index >= 15 is 0 Å². The van der Waals surface area contributed by atoms with Crippen molar-refractivity contribution in [1.82, 2.24) is 10.2 Å². The zero-order valence-corrected chi connectivity index (χ0v) is 13.7. The molecule has 1 aliphatic rings. The molecule has 0 amide bonds. The highest BCUT2D eigenvalue weighted by molar-refractivity contribution is 5.21. The standard InChI is InChI=1S/C18H30N2/c1-6-17(2,3)13-20-14-18(4,5)19-12-16(20)15-10-8-7-9-11-15/h7-11,16,19H,6,12-14H2,1-5H3. The van der Waals surface area contributed by atoms with E-state index in [9.17, 15) is 0 Å². The van der Waals surface area contributed by atoms with Gasteiger partial charge in [-0.15, -0.1) is 0 Å². The van der Waals surface area contributed by atoms with Crippen LogP contribution in [0, 0.1) is 5.41 Å². The van der Waals surface area contributed by atoms with Gasteiger partial charge in [0.05, 0.1) is 0 Å². The van der Waals surface area contributed by atoms with Gasteiger partial charge in [0.25, 0.3) is 0 Å².